The lowest BCUT2D eigenvalue weighted by molar-refractivity contribution is -0.119. The molecule has 7 nitrogen and oxygen atoms in total. The summed E-state index contributed by atoms with van der Waals surface area (Å²) in [6.07, 6.45) is 1.38. The van der Waals surface area contributed by atoms with E-state index in [-0.39, 0.29) is 24.6 Å². The van der Waals surface area contributed by atoms with Gasteiger partial charge in [0, 0.05) is 16.3 Å². The van der Waals surface area contributed by atoms with E-state index in [9.17, 15) is 9.59 Å². The van der Waals surface area contributed by atoms with Crippen molar-refractivity contribution in [2.75, 3.05) is 18.5 Å². The molecule has 2 aromatic carbocycles. The van der Waals surface area contributed by atoms with E-state index in [1.165, 1.54) is 6.21 Å². The average molecular weight is 460 g/mol. The van der Waals surface area contributed by atoms with Gasteiger partial charge in [-0.15, -0.1) is 0 Å². The summed E-state index contributed by atoms with van der Waals surface area (Å²) in [5.41, 5.74) is 4.09. The first-order valence-electron chi connectivity index (χ1n) is 9.34. The molecule has 3 aromatic rings. The summed E-state index contributed by atoms with van der Waals surface area (Å²) in [5.74, 6) is 0.111. The fraction of sp³-hybridized carbons (Fsp3) is 0.136. The monoisotopic (exact) mass is 459 g/mol. The minimum atomic E-state index is -0.502. The van der Waals surface area contributed by atoms with Gasteiger partial charge in [0.15, 0.2) is 0 Å². The SMILES string of the molecule is CCOC(=O)c1cc(-c2ccc(/C=N\NC(=O)CNc3ccc(Cl)cc3)o2)ccc1Cl. The van der Waals surface area contributed by atoms with Gasteiger partial charge in [-0.1, -0.05) is 23.2 Å². The number of ether oxygens (including phenoxy) is 1. The summed E-state index contributed by atoms with van der Waals surface area (Å²) >= 11 is 11.9. The molecule has 9 heteroatoms. The van der Waals surface area contributed by atoms with Gasteiger partial charge < -0.3 is 14.5 Å². The minimum absolute atomic E-state index is 0.0454. The van der Waals surface area contributed by atoms with Crippen LogP contribution in [0.2, 0.25) is 10.0 Å². The van der Waals surface area contributed by atoms with Gasteiger partial charge in [0.25, 0.3) is 5.91 Å². The number of anilines is 1. The summed E-state index contributed by atoms with van der Waals surface area (Å²) in [7, 11) is 0. The highest BCUT2D eigenvalue weighted by atomic mass is 35.5. The van der Waals surface area contributed by atoms with Gasteiger partial charge in [0.2, 0.25) is 0 Å². The predicted molar refractivity (Wildman–Crippen MR) is 121 cm³/mol. The number of halogens is 2. The van der Waals surface area contributed by atoms with E-state index in [1.54, 1.807) is 61.5 Å². The number of hydrogen-bond donors (Lipinski definition) is 2. The topological polar surface area (TPSA) is 92.9 Å². The van der Waals surface area contributed by atoms with Crippen LogP contribution >= 0.6 is 23.2 Å². The van der Waals surface area contributed by atoms with Crippen LogP contribution in [0.5, 0.6) is 0 Å². The molecule has 0 fully saturated rings. The van der Waals surface area contributed by atoms with Crippen molar-refractivity contribution in [2.45, 2.75) is 6.92 Å². The second-order valence-electron chi connectivity index (χ2n) is 6.27. The Balaban J connectivity index is 1.57. The molecule has 0 spiro atoms. The quantitative estimate of drug-likeness (QED) is 0.281. The van der Waals surface area contributed by atoms with Crippen LogP contribution in [0.1, 0.15) is 23.0 Å². The molecule has 1 heterocycles. The van der Waals surface area contributed by atoms with Gasteiger partial charge in [-0.05, 0) is 61.5 Å². The van der Waals surface area contributed by atoms with Gasteiger partial charge in [-0.2, -0.15) is 5.10 Å². The van der Waals surface area contributed by atoms with E-state index in [1.807, 2.05) is 0 Å². The van der Waals surface area contributed by atoms with Crippen molar-refractivity contribution in [3.8, 4) is 11.3 Å². The molecule has 0 aliphatic carbocycles. The first-order valence-corrected chi connectivity index (χ1v) is 10.1. The maximum atomic E-state index is 12.0. The van der Waals surface area contributed by atoms with Crippen LogP contribution in [0.25, 0.3) is 11.3 Å². The Kier molecular flexibility index (Phi) is 7.70. The van der Waals surface area contributed by atoms with Crippen LogP contribution in [0.4, 0.5) is 5.69 Å². The molecule has 3 rings (SSSR count). The molecule has 0 saturated heterocycles. The van der Waals surface area contributed by atoms with Gasteiger partial charge in [-0.25, -0.2) is 10.2 Å². The van der Waals surface area contributed by atoms with Crippen LogP contribution in [0, 0.1) is 0 Å². The highest BCUT2D eigenvalue weighted by molar-refractivity contribution is 6.33. The van der Waals surface area contributed by atoms with E-state index in [2.05, 4.69) is 15.8 Å². The average Bonchev–Trinajstić information content (AvgIpc) is 3.23. The van der Waals surface area contributed by atoms with Crippen molar-refractivity contribution >= 4 is 47.0 Å². The van der Waals surface area contributed by atoms with E-state index in [0.717, 1.165) is 5.69 Å². The minimum Gasteiger partial charge on any atom is -0.462 e. The molecule has 0 aliphatic rings. The number of esters is 1. The smallest absolute Gasteiger partial charge is 0.339 e. The van der Waals surface area contributed by atoms with E-state index in [4.69, 9.17) is 32.4 Å². The Morgan fingerprint density at radius 2 is 1.87 bits per heavy atom. The molecule has 31 heavy (non-hydrogen) atoms. The van der Waals surface area contributed by atoms with Gasteiger partial charge >= 0.3 is 5.97 Å². The van der Waals surface area contributed by atoms with Crippen molar-refractivity contribution in [2.24, 2.45) is 5.10 Å². The zero-order valence-electron chi connectivity index (χ0n) is 16.5. The third kappa shape index (κ3) is 6.34. The predicted octanol–water partition coefficient (Wildman–Crippen LogP) is 4.99. The Hall–Kier alpha value is -3.29. The fourth-order valence-electron chi connectivity index (χ4n) is 2.58. The van der Waals surface area contributed by atoms with Crippen LogP contribution in [0.3, 0.4) is 0 Å². The molecule has 0 atom stereocenters. The van der Waals surface area contributed by atoms with Crippen molar-refractivity contribution in [3.05, 3.63) is 76.0 Å². The molecule has 0 aliphatic heterocycles. The Labute approximate surface area is 189 Å². The number of nitrogens with zero attached hydrogens (tertiary/aromatic N) is 1. The molecule has 160 valence electrons. The van der Waals surface area contributed by atoms with Gasteiger partial charge in [0.1, 0.15) is 11.5 Å². The van der Waals surface area contributed by atoms with Crippen LogP contribution < -0.4 is 10.7 Å². The number of carbonyl (C=O) groups is 2. The summed E-state index contributed by atoms with van der Waals surface area (Å²) in [6, 6.07) is 15.3. The van der Waals surface area contributed by atoms with Crippen LogP contribution in [0.15, 0.2) is 64.1 Å². The van der Waals surface area contributed by atoms with Gasteiger partial charge in [0.05, 0.1) is 30.0 Å². The first kappa shape index (κ1) is 22.4. The van der Waals surface area contributed by atoms with Crippen molar-refractivity contribution in [3.63, 3.8) is 0 Å². The Morgan fingerprint density at radius 1 is 1.10 bits per heavy atom. The number of hydrazone groups is 1. The van der Waals surface area contributed by atoms with Crippen LogP contribution in [-0.2, 0) is 9.53 Å². The summed E-state index contributed by atoms with van der Waals surface area (Å²) in [6.45, 7) is 2.02. The second-order valence-corrected chi connectivity index (χ2v) is 7.11. The third-order valence-electron chi connectivity index (χ3n) is 4.05. The molecule has 2 N–H and O–H groups in total. The molecular formula is C22H19Cl2N3O4. The van der Waals surface area contributed by atoms with E-state index < -0.39 is 5.97 Å². The number of nitrogens with one attached hydrogen (secondary N) is 2. The number of rotatable bonds is 8. The lowest BCUT2D eigenvalue weighted by Gasteiger charge is -2.06. The van der Waals surface area contributed by atoms with Crippen molar-refractivity contribution < 1.29 is 18.7 Å². The molecule has 0 saturated carbocycles. The summed E-state index contributed by atoms with van der Waals surface area (Å²) in [5, 5.41) is 7.76. The lowest BCUT2D eigenvalue weighted by Crippen LogP contribution is -2.25. The zero-order valence-corrected chi connectivity index (χ0v) is 18.0. The largest absolute Gasteiger partial charge is 0.462 e. The molecule has 0 bridgehead atoms. The molecule has 0 unspecified atom stereocenters. The number of benzene rings is 2. The van der Waals surface area contributed by atoms with E-state index in [0.29, 0.717) is 27.1 Å². The van der Waals surface area contributed by atoms with Crippen molar-refractivity contribution in [1.82, 2.24) is 5.43 Å². The van der Waals surface area contributed by atoms with Crippen molar-refractivity contribution in [1.29, 1.82) is 0 Å². The number of amides is 1. The second kappa shape index (κ2) is 10.7. The Morgan fingerprint density at radius 3 is 2.61 bits per heavy atom. The Bertz CT molecular complexity index is 1090. The lowest BCUT2D eigenvalue weighted by atomic mass is 10.1. The normalized spacial score (nSPS) is 10.8. The van der Waals surface area contributed by atoms with Gasteiger partial charge in [-0.3, -0.25) is 4.79 Å². The number of furan rings is 1. The molecule has 0 radical (unpaired) electrons. The maximum Gasteiger partial charge on any atom is 0.339 e. The highest BCUT2D eigenvalue weighted by Crippen LogP contribution is 2.27. The zero-order chi connectivity index (χ0) is 22.2. The molecule has 1 aromatic heterocycles. The number of hydrogen-bond acceptors (Lipinski definition) is 6. The van der Waals surface area contributed by atoms with Crippen LogP contribution in [-0.4, -0.2) is 31.2 Å². The number of carbonyl (C=O) groups excluding carboxylic acids is 2. The highest BCUT2D eigenvalue weighted by Gasteiger charge is 2.14. The third-order valence-corrected chi connectivity index (χ3v) is 4.63. The standard InChI is InChI=1S/C22H19Cl2N3O4/c1-2-30-22(29)18-11-14(3-9-19(18)24)20-10-8-17(31-20)12-26-27-21(28)13-25-16-6-4-15(23)5-7-16/h3-12,25H,2,13H2,1H3,(H,27,28)/b26-12-. The molecule has 1 amide bonds. The van der Waals surface area contributed by atoms with E-state index >= 15 is 0 Å². The maximum absolute atomic E-state index is 12.0. The summed E-state index contributed by atoms with van der Waals surface area (Å²) in [4.78, 5) is 23.9. The summed E-state index contributed by atoms with van der Waals surface area (Å²) < 4.78 is 10.7. The fourth-order valence-corrected chi connectivity index (χ4v) is 2.90. The first-order chi connectivity index (χ1) is 15.0. The molecular weight excluding hydrogens is 441 g/mol.